The zero-order valence-electron chi connectivity index (χ0n) is 10.7. The second-order valence-corrected chi connectivity index (χ2v) is 3.76. The third kappa shape index (κ3) is 3.79. The average Bonchev–Trinajstić information content (AvgIpc) is 2.82. The van der Waals surface area contributed by atoms with Gasteiger partial charge in [0.1, 0.15) is 0 Å². The lowest BCUT2D eigenvalue weighted by atomic mass is 10.3. The van der Waals surface area contributed by atoms with Gasteiger partial charge in [0.05, 0.1) is 0 Å². The highest BCUT2D eigenvalue weighted by Crippen LogP contribution is 2.07. The number of carbonyl (C=O) groups is 1. The molecule has 2 aromatic heterocycles. The molecule has 0 saturated carbocycles. The summed E-state index contributed by atoms with van der Waals surface area (Å²) in [5, 5.41) is 3.00. The van der Waals surface area contributed by atoms with Gasteiger partial charge in [0, 0.05) is 44.9 Å². The fourth-order valence-electron chi connectivity index (χ4n) is 1.57. The van der Waals surface area contributed by atoms with Gasteiger partial charge in [0.2, 0.25) is 0 Å². The first-order valence-corrected chi connectivity index (χ1v) is 5.42. The zero-order chi connectivity index (χ0) is 12.3. The molecule has 0 bridgehead atoms. The Morgan fingerprint density at radius 1 is 1.32 bits per heavy atom. The number of nitrogens with one attached hydrogen (secondary N) is 1. The molecule has 0 saturated heterocycles. The number of aromatic nitrogens is 3. The average molecular weight is 306 g/mol. The van der Waals surface area contributed by atoms with Gasteiger partial charge in [0.15, 0.2) is 11.3 Å². The Bertz CT molecular complexity index is 531. The lowest BCUT2D eigenvalue weighted by Crippen LogP contribution is -2.33. The van der Waals surface area contributed by atoms with E-state index in [0.717, 1.165) is 6.54 Å². The van der Waals surface area contributed by atoms with Crippen molar-refractivity contribution in [2.75, 3.05) is 27.2 Å². The third-order valence-electron chi connectivity index (χ3n) is 2.56. The Kier molecular flexibility index (Phi) is 7.36. The molecule has 19 heavy (non-hydrogen) atoms. The Balaban J connectivity index is 0.00000162. The van der Waals surface area contributed by atoms with Gasteiger partial charge in [-0.15, -0.1) is 24.8 Å². The molecule has 2 rings (SSSR count). The molecule has 0 aromatic carbocycles. The van der Waals surface area contributed by atoms with Crippen LogP contribution in [0.3, 0.4) is 0 Å². The minimum atomic E-state index is -0.114. The van der Waals surface area contributed by atoms with Gasteiger partial charge in [-0.25, -0.2) is 9.97 Å². The van der Waals surface area contributed by atoms with Crippen molar-refractivity contribution in [2.45, 2.75) is 0 Å². The second-order valence-electron chi connectivity index (χ2n) is 3.76. The van der Waals surface area contributed by atoms with E-state index in [-0.39, 0.29) is 30.7 Å². The fourth-order valence-corrected chi connectivity index (χ4v) is 1.57. The van der Waals surface area contributed by atoms with E-state index in [1.54, 1.807) is 41.1 Å². The topological polar surface area (TPSA) is 62.5 Å². The minimum absolute atomic E-state index is 0. The molecule has 0 aliphatic carbocycles. The molecule has 6 nitrogen and oxygen atoms in total. The molecule has 1 N–H and O–H groups in total. The molecule has 0 aliphatic heterocycles. The predicted octanol–water partition coefficient (Wildman–Crippen LogP) is 0.864. The van der Waals surface area contributed by atoms with Crippen LogP contribution in [-0.4, -0.2) is 52.4 Å². The van der Waals surface area contributed by atoms with Crippen molar-refractivity contribution >= 4 is 36.4 Å². The molecule has 0 unspecified atom stereocenters. The van der Waals surface area contributed by atoms with Crippen LogP contribution in [0.5, 0.6) is 0 Å². The molecule has 0 spiro atoms. The molecule has 2 aromatic rings. The number of imidazole rings is 1. The minimum Gasteiger partial charge on any atom is -0.339 e. The maximum absolute atomic E-state index is 12.1. The zero-order valence-corrected chi connectivity index (χ0v) is 12.4. The highest BCUT2D eigenvalue weighted by atomic mass is 35.5. The van der Waals surface area contributed by atoms with Crippen molar-refractivity contribution in [3.63, 3.8) is 0 Å². The highest BCUT2D eigenvalue weighted by Gasteiger charge is 2.16. The van der Waals surface area contributed by atoms with Gasteiger partial charge < -0.3 is 14.6 Å². The summed E-state index contributed by atoms with van der Waals surface area (Å²) in [6.07, 6.45) is 6.82. The summed E-state index contributed by atoms with van der Waals surface area (Å²) in [7, 11) is 3.61. The van der Waals surface area contributed by atoms with E-state index in [0.29, 0.717) is 17.9 Å². The van der Waals surface area contributed by atoms with Crippen LogP contribution in [-0.2, 0) is 0 Å². The van der Waals surface area contributed by atoms with Crippen molar-refractivity contribution in [3.8, 4) is 0 Å². The summed E-state index contributed by atoms with van der Waals surface area (Å²) in [4.78, 5) is 22.0. The van der Waals surface area contributed by atoms with Crippen LogP contribution >= 0.6 is 24.8 Å². The number of hydrogen-bond donors (Lipinski definition) is 1. The summed E-state index contributed by atoms with van der Waals surface area (Å²) in [5.74, 6) is -0.114. The number of nitrogens with zero attached hydrogens (tertiary/aromatic N) is 4. The number of hydrogen-bond acceptors (Lipinski definition) is 4. The molecule has 0 fully saturated rings. The summed E-state index contributed by atoms with van der Waals surface area (Å²) < 4.78 is 1.78. The summed E-state index contributed by atoms with van der Waals surface area (Å²) in [5.41, 5.74) is 0.977. The monoisotopic (exact) mass is 305 g/mol. The van der Waals surface area contributed by atoms with Gasteiger partial charge >= 0.3 is 0 Å². The van der Waals surface area contributed by atoms with Gasteiger partial charge in [-0.1, -0.05) is 0 Å². The molecule has 0 aliphatic rings. The number of amides is 1. The first kappa shape index (κ1) is 17.6. The molecular formula is C11H17Cl2N5O. The van der Waals surface area contributed by atoms with Crippen molar-refractivity contribution in [3.05, 3.63) is 30.5 Å². The molecule has 2 heterocycles. The van der Waals surface area contributed by atoms with Crippen molar-refractivity contribution < 1.29 is 4.79 Å². The number of fused-ring (bicyclic) bond motifs is 1. The van der Waals surface area contributed by atoms with Crippen LogP contribution < -0.4 is 5.32 Å². The summed E-state index contributed by atoms with van der Waals surface area (Å²) in [6.45, 7) is 1.39. The van der Waals surface area contributed by atoms with Crippen molar-refractivity contribution in [1.82, 2.24) is 24.6 Å². The first-order chi connectivity index (χ1) is 8.24. The van der Waals surface area contributed by atoms with Crippen molar-refractivity contribution in [2.24, 2.45) is 0 Å². The standard InChI is InChI=1S/C11H15N5O.2ClH/c1-12-3-6-15(2)11(17)9-10-14-5-8-16(10)7-4-13-9;;/h4-5,7-8,12H,3,6H2,1-2H3;2*1H. The first-order valence-electron chi connectivity index (χ1n) is 5.42. The Labute approximate surface area is 124 Å². The number of carbonyl (C=O) groups excluding carboxylic acids is 1. The molecule has 8 heteroatoms. The van der Waals surface area contributed by atoms with Crippen LogP contribution in [0.1, 0.15) is 10.5 Å². The summed E-state index contributed by atoms with van der Waals surface area (Å²) in [6, 6.07) is 0. The largest absolute Gasteiger partial charge is 0.339 e. The number of likely N-dealkylation sites (N-methyl/N-ethyl adjacent to an activating group) is 2. The highest BCUT2D eigenvalue weighted by molar-refractivity contribution is 5.97. The van der Waals surface area contributed by atoms with Crippen LogP contribution in [0, 0.1) is 0 Å². The summed E-state index contributed by atoms with van der Waals surface area (Å²) >= 11 is 0. The van der Waals surface area contributed by atoms with E-state index in [1.165, 1.54) is 0 Å². The molecule has 0 atom stereocenters. The second kappa shape index (κ2) is 7.93. The molecule has 106 valence electrons. The fraction of sp³-hybridized carbons (Fsp3) is 0.364. The van der Waals surface area contributed by atoms with Crippen LogP contribution in [0.15, 0.2) is 24.8 Å². The van der Waals surface area contributed by atoms with E-state index in [1.807, 2.05) is 7.05 Å². The van der Waals surface area contributed by atoms with E-state index in [2.05, 4.69) is 15.3 Å². The Hall–Kier alpha value is -1.37. The number of rotatable bonds is 4. The van der Waals surface area contributed by atoms with E-state index in [4.69, 9.17) is 0 Å². The maximum atomic E-state index is 12.1. The smallest absolute Gasteiger partial charge is 0.276 e. The van der Waals surface area contributed by atoms with Gasteiger partial charge in [-0.2, -0.15) is 0 Å². The Morgan fingerprint density at radius 2 is 1.95 bits per heavy atom. The van der Waals surface area contributed by atoms with Crippen LogP contribution in [0.25, 0.3) is 5.65 Å². The van der Waals surface area contributed by atoms with E-state index >= 15 is 0 Å². The van der Waals surface area contributed by atoms with Crippen LogP contribution in [0.4, 0.5) is 0 Å². The molecular weight excluding hydrogens is 289 g/mol. The molecule has 1 amide bonds. The van der Waals surface area contributed by atoms with Gasteiger partial charge in [-0.3, -0.25) is 4.79 Å². The Morgan fingerprint density at radius 3 is 2.58 bits per heavy atom. The van der Waals surface area contributed by atoms with Gasteiger partial charge in [-0.05, 0) is 7.05 Å². The lowest BCUT2D eigenvalue weighted by Gasteiger charge is -2.16. The third-order valence-corrected chi connectivity index (χ3v) is 2.56. The van der Waals surface area contributed by atoms with Crippen molar-refractivity contribution in [1.29, 1.82) is 0 Å². The quantitative estimate of drug-likeness (QED) is 0.910. The van der Waals surface area contributed by atoms with Crippen LogP contribution in [0.2, 0.25) is 0 Å². The SMILES string of the molecule is CNCCN(C)C(=O)c1nccn2ccnc12.Cl.Cl. The molecule has 0 radical (unpaired) electrons. The maximum Gasteiger partial charge on any atom is 0.276 e. The van der Waals surface area contributed by atoms with E-state index in [9.17, 15) is 4.79 Å². The number of halogens is 2. The normalized spacial score (nSPS) is 9.58. The predicted molar refractivity (Wildman–Crippen MR) is 78.4 cm³/mol. The van der Waals surface area contributed by atoms with E-state index < -0.39 is 0 Å². The van der Waals surface area contributed by atoms with Gasteiger partial charge in [0.25, 0.3) is 5.91 Å². The lowest BCUT2D eigenvalue weighted by molar-refractivity contribution is 0.0792.